The smallest absolute Gasteiger partial charge is 0.456 e. The van der Waals surface area contributed by atoms with Crippen molar-refractivity contribution in [3.05, 3.63) is 30.3 Å². The zero-order valence-electron chi connectivity index (χ0n) is 8.62. The number of ether oxygens (including phenoxy) is 1. The summed E-state index contributed by atoms with van der Waals surface area (Å²) < 4.78 is 20.5. The third-order valence-electron chi connectivity index (χ3n) is 1.62. The lowest BCUT2D eigenvalue weighted by Gasteiger charge is -2.13. The van der Waals surface area contributed by atoms with Crippen LogP contribution in [0.25, 0.3) is 0 Å². The summed E-state index contributed by atoms with van der Waals surface area (Å²) in [7, 11) is -2.85. The van der Waals surface area contributed by atoms with Crippen LogP contribution in [-0.4, -0.2) is 24.5 Å². The predicted octanol–water partition coefficient (Wildman–Crippen LogP) is 0.928. The summed E-state index contributed by atoms with van der Waals surface area (Å²) in [5, 5.41) is 2.07. The van der Waals surface area contributed by atoms with E-state index < -0.39 is 20.3 Å². The number of carbonyl (C=O) groups excluding carboxylic acids is 1. The fourth-order valence-electron chi connectivity index (χ4n) is 0.893. The van der Waals surface area contributed by atoms with Crippen molar-refractivity contribution in [2.45, 2.75) is 0 Å². The first-order valence-electron chi connectivity index (χ1n) is 4.43. The number of para-hydroxylation sites is 1. The van der Waals surface area contributed by atoms with E-state index in [1.165, 1.54) is 19.2 Å². The maximum absolute atomic E-state index is 11.4. The molecule has 1 unspecified atom stereocenters. The largest absolute Gasteiger partial charge is 0.468 e. The molecule has 7 heteroatoms. The van der Waals surface area contributed by atoms with Crippen molar-refractivity contribution >= 4 is 13.7 Å². The van der Waals surface area contributed by atoms with Crippen molar-refractivity contribution in [3.63, 3.8) is 0 Å². The summed E-state index contributed by atoms with van der Waals surface area (Å²) in [6.07, 6.45) is 0. The van der Waals surface area contributed by atoms with Gasteiger partial charge < -0.3 is 14.2 Å². The maximum atomic E-state index is 11.4. The van der Waals surface area contributed by atoms with E-state index in [4.69, 9.17) is 4.52 Å². The van der Waals surface area contributed by atoms with Gasteiger partial charge in [-0.25, -0.2) is 9.65 Å². The Kier molecular flexibility index (Phi) is 4.49. The first-order valence-corrected chi connectivity index (χ1v) is 6.00. The highest BCUT2D eigenvalue weighted by molar-refractivity contribution is 7.51. The zero-order chi connectivity index (χ0) is 12.0. The van der Waals surface area contributed by atoms with Crippen molar-refractivity contribution in [3.8, 4) is 5.75 Å². The standard InChI is InChI=1S/C9H12NO5P/c1-14-9(11)7-10-16(12,13)15-8-5-3-2-4-6-8/h2-6H,7H2,1H3,(H2,10,12,13). The van der Waals surface area contributed by atoms with Crippen LogP contribution in [0.4, 0.5) is 0 Å². The summed E-state index contributed by atoms with van der Waals surface area (Å²) in [5.41, 5.74) is 0. The lowest BCUT2D eigenvalue weighted by molar-refractivity contribution is -0.139. The molecular weight excluding hydrogens is 233 g/mol. The first-order chi connectivity index (χ1) is 7.53. The molecule has 0 aliphatic heterocycles. The molecule has 0 heterocycles. The van der Waals surface area contributed by atoms with Gasteiger partial charge in [-0.1, -0.05) is 18.2 Å². The second-order valence-electron chi connectivity index (χ2n) is 2.84. The van der Waals surface area contributed by atoms with Gasteiger partial charge in [0.25, 0.3) is 0 Å². The number of rotatable bonds is 5. The second kappa shape index (κ2) is 5.65. The van der Waals surface area contributed by atoms with Gasteiger partial charge in [-0.3, -0.25) is 4.79 Å². The van der Waals surface area contributed by atoms with Crippen LogP contribution in [0.2, 0.25) is 0 Å². The van der Waals surface area contributed by atoms with E-state index >= 15 is 0 Å². The molecule has 1 rings (SSSR count). The van der Waals surface area contributed by atoms with Crippen LogP contribution < -0.4 is 9.61 Å². The van der Waals surface area contributed by atoms with Crippen LogP contribution in [-0.2, 0) is 14.1 Å². The molecule has 0 bridgehead atoms. The quantitative estimate of drug-likeness (QED) is 0.593. The van der Waals surface area contributed by atoms with Crippen LogP contribution >= 0.6 is 7.75 Å². The topological polar surface area (TPSA) is 84.9 Å². The van der Waals surface area contributed by atoms with E-state index in [-0.39, 0.29) is 5.75 Å². The third-order valence-corrected chi connectivity index (χ3v) is 2.64. The fraction of sp³-hybridized carbons (Fsp3) is 0.222. The molecule has 0 amide bonds. The van der Waals surface area contributed by atoms with Crippen LogP contribution in [0.15, 0.2) is 30.3 Å². The molecule has 6 nitrogen and oxygen atoms in total. The number of esters is 1. The molecule has 0 radical (unpaired) electrons. The predicted molar refractivity (Wildman–Crippen MR) is 56.9 cm³/mol. The summed E-state index contributed by atoms with van der Waals surface area (Å²) in [6, 6.07) is 8.13. The first kappa shape index (κ1) is 12.7. The average Bonchev–Trinajstić information content (AvgIpc) is 2.27. The number of benzene rings is 1. The Bertz CT molecular complexity index is 394. The molecule has 0 aromatic heterocycles. The van der Waals surface area contributed by atoms with Gasteiger partial charge in [-0.05, 0) is 12.1 Å². The lowest BCUT2D eigenvalue weighted by atomic mass is 10.3. The summed E-state index contributed by atoms with van der Waals surface area (Å²) in [4.78, 5) is 20.1. The van der Waals surface area contributed by atoms with Crippen molar-refractivity contribution in [2.75, 3.05) is 13.7 Å². The van der Waals surface area contributed by atoms with E-state index in [0.29, 0.717) is 0 Å². The van der Waals surface area contributed by atoms with Crippen molar-refractivity contribution in [2.24, 2.45) is 0 Å². The Hall–Kier alpha value is -1.36. The number of hydrogen-bond acceptors (Lipinski definition) is 4. The highest BCUT2D eigenvalue weighted by Crippen LogP contribution is 2.37. The summed E-state index contributed by atoms with van der Waals surface area (Å²) >= 11 is 0. The highest BCUT2D eigenvalue weighted by Gasteiger charge is 2.21. The number of methoxy groups -OCH3 is 1. The molecule has 88 valence electrons. The SMILES string of the molecule is COC(=O)CNP(=O)(O)Oc1ccccc1. The minimum atomic E-state index is -4.03. The van der Waals surface area contributed by atoms with Gasteiger partial charge in [0.15, 0.2) is 0 Å². The van der Waals surface area contributed by atoms with Crippen LogP contribution in [0.5, 0.6) is 5.75 Å². The Labute approximate surface area is 92.8 Å². The Morgan fingerprint density at radius 2 is 2.06 bits per heavy atom. The van der Waals surface area contributed by atoms with Gasteiger partial charge >= 0.3 is 13.7 Å². The molecule has 1 atom stereocenters. The van der Waals surface area contributed by atoms with Crippen LogP contribution in [0, 0.1) is 0 Å². The maximum Gasteiger partial charge on any atom is 0.456 e. The number of nitrogens with one attached hydrogen (secondary N) is 1. The second-order valence-corrected chi connectivity index (χ2v) is 4.38. The van der Waals surface area contributed by atoms with Crippen molar-refractivity contribution in [1.29, 1.82) is 0 Å². The molecule has 2 N–H and O–H groups in total. The third kappa shape index (κ3) is 4.44. The van der Waals surface area contributed by atoms with Gasteiger partial charge in [-0.15, -0.1) is 0 Å². The lowest BCUT2D eigenvalue weighted by Crippen LogP contribution is -2.23. The summed E-state index contributed by atoms with van der Waals surface area (Å²) in [5.74, 6) is -0.406. The zero-order valence-corrected chi connectivity index (χ0v) is 9.52. The van der Waals surface area contributed by atoms with E-state index in [2.05, 4.69) is 9.82 Å². The molecule has 0 saturated heterocycles. The van der Waals surface area contributed by atoms with Gasteiger partial charge in [0.2, 0.25) is 0 Å². The van der Waals surface area contributed by atoms with Crippen molar-refractivity contribution < 1.29 is 23.5 Å². The molecule has 0 saturated carbocycles. The van der Waals surface area contributed by atoms with Gasteiger partial charge in [0.1, 0.15) is 12.3 Å². The fourth-order valence-corrected chi connectivity index (χ4v) is 1.69. The van der Waals surface area contributed by atoms with Gasteiger partial charge in [-0.2, -0.15) is 0 Å². The molecule has 0 spiro atoms. The molecule has 1 aromatic rings. The van der Waals surface area contributed by atoms with E-state index in [1.807, 2.05) is 0 Å². The Morgan fingerprint density at radius 3 is 2.62 bits per heavy atom. The molecule has 0 aliphatic carbocycles. The Morgan fingerprint density at radius 1 is 1.44 bits per heavy atom. The van der Waals surface area contributed by atoms with Crippen LogP contribution in [0.1, 0.15) is 0 Å². The highest BCUT2D eigenvalue weighted by atomic mass is 31.2. The molecule has 16 heavy (non-hydrogen) atoms. The number of hydrogen-bond donors (Lipinski definition) is 2. The van der Waals surface area contributed by atoms with E-state index in [0.717, 1.165) is 0 Å². The average molecular weight is 245 g/mol. The normalized spacial score (nSPS) is 13.9. The molecular formula is C9H12NO5P. The Balaban J connectivity index is 2.52. The van der Waals surface area contributed by atoms with Crippen LogP contribution in [0.3, 0.4) is 0 Å². The van der Waals surface area contributed by atoms with Gasteiger partial charge in [0, 0.05) is 0 Å². The minimum Gasteiger partial charge on any atom is -0.468 e. The monoisotopic (exact) mass is 245 g/mol. The minimum absolute atomic E-state index is 0.241. The summed E-state index contributed by atoms with van der Waals surface area (Å²) in [6.45, 7) is -0.392. The molecule has 0 fully saturated rings. The number of carbonyl (C=O) groups is 1. The molecule has 1 aromatic carbocycles. The van der Waals surface area contributed by atoms with Gasteiger partial charge in [0.05, 0.1) is 7.11 Å². The van der Waals surface area contributed by atoms with E-state index in [9.17, 15) is 14.3 Å². The molecule has 0 aliphatic rings. The van der Waals surface area contributed by atoms with E-state index in [1.54, 1.807) is 18.2 Å². The van der Waals surface area contributed by atoms with Crippen molar-refractivity contribution in [1.82, 2.24) is 5.09 Å².